The molecule has 0 saturated heterocycles. The van der Waals surface area contributed by atoms with Gasteiger partial charge < -0.3 is 9.84 Å². The molecule has 0 aliphatic carbocycles. The summed E-state index contributed by atoms with van der Waals surface area (Å²) in [5.41, 5.74) is 1.10. The van der Waals surface area contributed by atoms with Gasteiger partial charge in [0.25, 0.3) is 11.8 Å². The molecule has 0 saturated carbocycles. The van der Waals surface area contributed by atoms with Crippen LogP contribution >= 0.6 is 0 Å². The number of amides is 1. The van der Waals surface area contributed by atoms with E-state index in [-0.39, 0.29) is 5.91 Å². The Bertz CT molecular complexity index is 850. The maximum absolute atomic E-state index is 12.0. The average Bonchev–Trinajstić information content (AvgIpc) is 3.29. The van der Waals surface area contributed by atoms with Gasteiger partial charge in [0, 0.05) is 25.4 Å². The Morgan fingerprint density at radius 1 is 1.32 bits per heavy atom. The van der Waals surface area contributed by atoms with Gasteiger partial charge in [0.1, 0.15) is 17.8 Å². The highest BCUT2D eigenvalue weighted by molar-refractivity contribution is 5.92. The first-order valence-corrected chi connectivity index (χ1v) is 8.18. The summed E-state index contributed by atoms with van der Waals surface area (Å²) in [4.78, 5) is 24.8. The van der Waals surface area contributed by atoms with Gasteiger partial charge in [-0.25, -0.2) is 9.97 Å². The Morgan fingerprint density at radius 3 is 2.80 bits per heavy atom. The van der Waals surface area contributed by atoms with E-state index >= 15 is 0 Å². The molecule has 0 aromatic carbocycles. The number of aromatic nitrogens is 5. The van der Waals surface area contributed by atoms with E-state index in [0.717, 1.165) is 5.56 Å². The van der Waals surface area contributed by atoms with Gasteiger partial charge in [-0.1, -0.05) is 25.9 Å². The Labute approximate surface area is 145 Å². The average molecular weight is 340 g/mol. The van der Waals surface area contributed by atoms with Crippen molar-refractivity contribution in [2.45, 2.75) is 27.2 Å². The van der Waals surface area contributed by atoms with Crippen molar-refractivity contribution in [3.63, 3.8) is 0 Å². The topological polar surface area (TPSA) is 98.7 Å². The van der Waals surface area contributed by atoms with Crippen LogP contribution in [0.5, 0.6) is 0 Å². The molecular weight excluding hydrogens is 320 g/mol. The molecule has 0 bridgehead atoms. The molecule has 130 valence electrons. The summed E-state index contributed by atoms with van der Waals surface area (Å²) in [6.45, 7) is 6.65. The van der Waals surface area contributed by atoms with Gasteiger partial charge in [0.15, 0.2) is 5.82 Å². The first-order valence-electron chi connectivity index (χ1n) is 8.18. The number of pyridine rings is 1. The first kappa shape index (κ1) is 16.8. The molecule has 0 unspecified atom stereocenters. The smallest absolute Gasteiger partial charge is 0.271 e. The minimum atomic E-state index is -0.193. The van der Waals surface area contributed by atoms with Gasteiger partial charge in [-0.2, -0.15) is 4.98 Å². The third-order valence-electron chi connectivity index (χ3n) is 3.53. The molecule has 25 heavy (non-hydrogen) atoms. The molecule has 3 aromatic rings. The standard InChI is InChI=1S/C17H20N6O2/c1-4-14-21-17(25-22-14)12-5-6-15(18-8-12)23-9-13(20-10-23)16(24)19-7-11(2)3/h5-6,8-11H,4,7H2,1-3H3,(H,19,24). The number of hydrogen-bond donors (Lipinski definition) is 1. The van der Waals surface area contributed by atoms with Gasteiger partial charge in [0.2, 0.25) is 0 Å². The van der Waals surface area contributed by atoms with Crippen LogP contribution in [0.1, 0.15) is 37.1 Å². The molecule has 0 fully saturated rings. The van der Waals surface area contributed by atoms with E-state index in [1.54, 1.807) is 23.3 Å². The second kappa shape index (κ2) is 7.25. The molecule has 1 amide bonds. The normalized spacial score (nSPS) is 11.0. The zero-order valence-electron chi connectivity index (χ0n) is 14.4. The summed E-state index contributed by atoms with van der Waals surface area (Å²) in [6, 6.07) is 3.65. The molecule has 3 heterocycles. The summed E-state index contributed by atoms with van der Waals surface area (Å²) >= 11 is 0. The van der Waals surface area contributed by atoms with E-state index in [1.165, 1.54) is 0 Å². The van der Waals surface area contributed by atoms with Crippen molar-refractivity contribution in [3.8, 4) is 17.3 Å². The Hall–Kier alpha value is -3.03. The SMILES string of the molecule is CCc1noc(-c2ccc(-n3cnc(C(=O)NCC(C)C)c3)nc2)n1. The fraction of sp³-hybridized carbons (Fsp3) is 0.353. The predicted octanol–water partition coefficient (Wildman–Crippen LogP) is 2.27. The minimum Gasteiger partial charge on any atom is -0.350 e. The van der Waals surface area contributed by atoms with Crippen molar-refractivity contribution in [2.24, 2.45) is 5.92 Å². The second-order valence-electron chi connectivity index (χ2n) is 6.04. The van der Waals surface area contributed by atoms with Gasteiger partial charge in [-0.3, -0.25) is 9.36 Å². The van der Waals surface area contributed by atoms with Crippen LogP contribution < -0.4 is 5.32 Å². The molecule has 0 aliphatic heterocycles. The number of imidazole rings is 1. The number of nitrogens with zero attached hydrogens (tertiary/aromatic N) is 5. The van der Waals surface area contributed by atoms with E-state index in [1.807, 2.05) is 32.9 Å². The van der Waals surface area contributed by atoms with Crippen LogP contribution in [0, 0.1) is 5.92 Å². The van der Waals surface area contributed by atoms with Crippen LogP contribution in [0.25, 0.3) is 17.3 Å². The van der Waals surface area contributed by atoms with Crippen molar-refractivity contribution in [2.75, 3.05) is 6.54 Å². The van der Waals surface area contributed by atoms with Gasteiger partial charge in [0.05, 0.1) is 5.56 Å². The third-order valence-corrected chi connectivity index (χ3v) is 3.53. The van der Waals surface area contributed by atoms with Crippen LogP contribution in [0.2, 0.25) is 0 Å². The summed E-state index contributed by atoms with van der Waals surface area (Å²) in [6.07, 6.45) is 5.58. The molecular formula is C17H20N6O2. The molecule has 8 heteroatoms. The fourth-order valence-corrected chi connectivity index (χ4v) is 2.13. The van der Waals surface area contributed by atoms with E-state index in [0.29, 0.717) is 42.1 Å². The maximum Gasteiger partial charge on any atom is 0.271 e. The third kappa shape index (κ3) is 3.90. The monoisotopic (exact) mass is 340 g/mol. The molecule has 3 aromatic heterocycles. The summed E-state index contributed by atoms with van der Waals surface area (Å²) in [5.74, 6) is 1.94. The van der Waals surface area contributed by atoms with E-state index in [9.17, 15) is 4.79 Å². The molecule has 1 N–H and O–H groups in total. The number of rotatable bonds is 6. The lowest BCUT2D eigenvalue weighted by atomic mass is 10.2. The van der Waals surface area contributed by atoms with Crippen LogP contribution in [-0.4, -0.2) is 37.1 Å². The largest absolute Gasteiger partial charge is 0.350 e. The highest BCUT2D eigenvalue weighted by Crippen LogP contribution is 2.17. The lowest BCUT2D eigenvalue weighted by Gasteiger charge is -2.05. The zero-order valence-corrected chi connectivity index (χ0v) is 14.4. The highest BCUT2D eigenvalue weighted by atomic mass is 16.5. The van der Waals surface area contributed by atoms with E-state index < -0.39 is 0 Å². The number of hydrogen-bond acceptors (Lipinski definition) is 6. The first-order chi connectivity index (χ1) is 12.1. The Kier molecular flexibility index (Phi) is 4.87. The van der Waals surface area contributed by atoms with Crippen LogP contribution in [0.3, 0.4) is 0 Å². The fourth-order valence-electron chi connectivity index (χ4n) is 2.13. The van der Waals surface area contributed by atoms with Crippen molar-refractivity contribution in [3.05, 3.63) is 42.4 Å². The molecule has 8 nitrogen and oxygen atoms in total. The Morgan fingerprint density at radius 2 is 2.16 bits per heavy atom. The van der Waals surface area contributed by atoms with E-state index in [4.69, 9.17) is 4.52 Å². The quantitative estimate of drug-likeness (QED) is 0.739. The molecule has 0 atom stereocenters. The minimum absolute atomic E-state index is 0.193. The Balaban J connectivity index is 1.73. The lowest BCUT2D eigenvalue weighted by molar-refractivity contribution is 0.0944. The summed E-state index contributed by atoms with van der Waals surface area (Å²) in [7, 11) is 0. The number of nitrogens with one attached hydrogen (secondary N) is 1. The predicted molar refractivity (Wildman–Crippen MR) is 91.2 cm³/mol. The molecule has 3 rings (SSSR count). The molecule has 0 spiro atoms. The van der Waals surface area contributed by atoms with Gasteiger partial charge in [-0.15, -0.1) is 0 Å². The van der Waals surface area contributed by atoms with Crippen LogP contribution in [0.15, 0.2) is 35.4 Å². The number of carbonyl (C=O) groups excluding carboxylic acids is 1. The summed E-state index contributed by atoms with van der Waals surface area (Å²) in [5, 5.41) is 6.71. The summed E-state index contributed by atoms with van der Waals surface area (Å²) < 4.78 is 6.89. The lowest BCUT2D eigenvalue weighted by Crippen LogP contribution is -2.27. The van der Waals surface area contributed by atoms with Crippen molar-refractivity contribution in [1.82, 2.24) is 30.0 Å². The van der Waals surface area contributed by atoms with Crippen molar-refractivity contribution < 1.29 is 9.32 Å². The number of aryl methyl sites for hydroxylation is 1. The van der Waals surface area contributed by atoms with Gasteiger partial charge in [-0.05, 0) is 18.1 Å². The van der Waals surface area contributed by atoms with Crippen LogP contribution in [0.4, 0.5) is 0 Å². The second-order valence-corrected chi connectivity index (χ2v) is 6.04. The van der Waals surface area contributed by atoms with Crippen LogP contribution in [-0.2, 0) is 6.42 Å². The van der Waals surface area contributed by atoms with E-state index in [2.05, 4.69) is 25.4 Å². The highest BCUT2D eigenvalue weighted by Gasteiger charge is 2.12. The molecule has 0 aliphatic rings. The van der Waals surface area contributed by atoms with Gasteiger partial charge >= 0.3 is 0 Å². The number of carbonyl (C=O) groups is 1. The maximum atomic E-state index is 12.0. The van der Waals surface area contributed by atoms with Crippen molar-refractivity contribution >= 4 is 5.91 Å². The molecule has 0 radical (unpaired) electrons. The van der Waals surface area contributed by atoms with Crippen molar-refractivity contribution in [1.29, 1.82) is 0 Å². The zero-order chi connectivity index (χ0) is 17.8.